The summed E-state index contributed by atoms with van der Waals surface area (Å²) in [6, 6.07) is 15.6. The van der Waals surface area contributed by atoms with E-state index in [4.69, 9.17) is 0 Å². The number of hydrogen-bond donors (Lipinski definition) is 1. The van der Waals surface area contributed by atoms with Crippen LogP contribution in [0.4, 0.5) is 10.1 Å². The lowest BCUT2D eigenvalue weighted by Crippen LogP contribution is -2.42. The summed E-state index contributed by atoms with van der Waals surface area (Å²) in [5, 5.41) is 3.10. The molecule has 2 aromatic carbocycles. The van der Waals surface area contributed by atoms with Gasteiger partial charge in [0.15, 0.2) is 0 Å². The van der Waals surface area contributed by atoms with Crippen LogP contribution in [0.15, 0.2) is 64.2 Å². The van der Waals surface area contributed by atoms with Crippen molar-refractivity contribution in [2.24, 2.45) is 0 Å². The fraction of sp³-hybridized carbons (Fsp3) is 0.269. The number of carbonyl (C=O) groups excluding carboxylic acids is 1. The second kappa shape index (κ2) is 9.38. The number of aryl methyl sites for hydroxylation is 3. The van der Waals surface area contributed by atoms with E-state index < -0.39 is 17.4 Å². The summed E-state index contributed by atoms with van der Waals surface area (Å²) in [6.45, 7) is -0.0775. The maximum absolute atomic E-state index is 14.0. The van der Waals surface area contributed by atoms with Crippen molar-refractivity contribution in [3.63, 3.8) is 0 Å². The average Bonchev–Trinajstić information content (AvgIpc) is 3.23. The molecule has 0 spiro atoms. The number of benzene rings is 2. The van der Waals surface area contributed by atoms with Gasteiger partial charge in [0.25, 0.3) is 5.56 Å². The van der Waals surface area contributed by atoms with Crippen LogP contribution in [0, 0.1) is 5.82 Å². The summed E-state index contributed by atoms with van der Waals surface area (Å²) in [4.78, 5) is 41.4. The van der Waals surface area contributed by atoms with E-state index in [9.17, 15) is 18.8 Å². The van der Waals surface area contributed by atoms with Gasteiger partial charge in [-0.15, -0.1) is 11.3 Å². The average molecular weight is 478 g/mol. The third-order valence-electron chi connectivity index (χ3n) is 6.24. The summed E-state index contributed by atoms with van der Waals surface area (Å²) in [6.07, 6.45) is 4.22. The van der Waals surface area contributed by atoms with Gasteiger partial charge in [0.05, 0.1) is 11.1 Å². The summed E-state index contributed by atoms with van der Waals surface area (Å²) >= 11 is 1.42. The van der Waals surface area contributed by atoms with Crippen molar-refractivity contribution in [2.75, 3.05) is 5.32 Å². The van der Waals surface area contributed by atoms with Crippen LogP contribution in [0.5, 0.6) is 0 Å². The van der Waals surface area contributed by atoms with Crippen LogP contribution in [0.1, 0.15) is 28.8 Å². The molecule has 4 aromatic rings. The quantitative estimate of drug-likeness (QED) is 0.454. The monoisotopic (exact) mass is 477 g/mol. The maximum Gasteiger partial charge on any atom is 0.332 e. The molecule has 0 radical (unpaired) electrons. The fourth-order valence-electron chi connectivity index (χ4n) is 4.53. The SMILES string of the molecule is O=C(Cn1c(=O)n(CCc2ccccc2)c(=O)c2c3c(sc21)CCCC3)Nc1ccccc1F. The largest absolute Gasteiger partial charge is 0.332 e. The highest BCUT2D eigenvalue weighted by Gasteiger charge is 2.24. The molecule has 174 valence electrons. The van der Waals surface area contributed by atoms with Gasteiger partial charge in [-0.25, -0.2) is 9.18 Å². The van der Waals surface area contributed by atoms with E-state index in [1.807, 2.05) is 30.3 Å². The molecule has 34 heavy (non-hydrogen) atoms. The Hall–Kier alpha value is -3.52. The number of rotatable bonds is 6. The van der Waals surface area contributed by atoms with E-state index in [0.717, 1.165) is 41.7 Å². The molecule has 2 heterocycles. The summed E-state index contributed by atoms with van der Waals surface area (Å²) in [7, 11) is 0. The van der Waals surface area contributed by atoms with Gasteiger partial charge in [0, 0.05) is 11.4 Å². The second-order valence-corrected chi connectivity index (χ2v) is 9.56. The van der Waals surface area contributed by atoms with Crippen molar-refractivity contribution in [1.82, 2.24) is 9.13 Å². The highest BCUT2D eigenvalue weighted by molar-refractivity contribution is 7.18. The minimum absolute atomic E-state index is 0.0552. The fourth-order valence-corrected chi connectivity index (χ4v) is 5.91. The van der Waals surface area contributed by atoms with E-state index in [0.29, 0.717) is 16.6 Å². The van der Waals surface area contributed by atoms with Crippen molar-refractivity contribution in [3.8, 4) is 0 Å². The Labute approximate surface area is 199 Å². The Morgan fingerprint density at radius 1 is 0.971 bits per heavy atom. The smallest absolute Gasteiger partial charge is 0.322 e. The molecule has 1 aliphatic carbocycles. The first-order valence-electron chi connectivity index (χ1n) is 11.4. The van der Waals surface area contributed by atoms with Crippen molar-refractivity contribution in [1.29, 1.82) is 0 Å². The van der Waals surface area contributed by atoms with E-state index >= 15 is 0 Å². The van der Waals surface area contributed by atoms with Crippen LogP contribution in [0.25, 0.3) is 10.2 Å². The Morgan fingerprint density at radius 3 is 2.50 bits per heavy atom. The Kier molecular flexibility index (Phi) is 6.15. The first-order chi connectivity index (χ1) is 16.5. The molecule has 0 aliphatic heterocycles. The van der Waals surface area contributed by atoms with E-state index in [1.165, 1.54) is 38.7 Å². The van der Waals surface area contributed by atoms with E-state index in [1.54, 1.807) is 6.07 Å². The van der Waals surface area contributed by atoms with Gasteiger partial charge in [-0.1, -0.05) is 42.5 Å². The number of halogens is 1. The van der Waals surface area contributed by atoms with Gasteiger partial charge in [-0.3, -0.25) is 18.7 Å². The zero-order chi connectivity index (χ0) is 23.7. The highest BCUT2D eigenvalue weighted by atomic mass is 32.1. The van der Waals surface area contributed by atoms with Crippen LogP contribution in [-0.4, -0.2) is 15.0 Å². The van der Waals surface area contributed by atoms with Crippen LogP contribution < -0.4 is 16.6 Å². The summed E-state index contributed by atoms with van der Waals surface area (Å²) < 4.78 is 16.6. The van der Waals surface area contributed by atoms with Crippen LogP contribution in [0.3, 0.4) is 0 Å². The predicted octanol–water partition coefficient (Wildman–Crippen LogP) is 4.12. The molecule has 5 rings (SSSR count). The lowest BCUT2D eigenvalue weighted by atomic mass is 9.97. The van der Waals surface area contributed by atoms with Gasteiger partial charge >= 0.3 is 5.69 Å². The minimum atomic E-state index is -0.548. The molecule has 6 nitrogen and oxygen atoms in total. The summed E-state index contributed by atoms with van der Waals surface area (Å²) in [5.41, 5.74) is 1.27. The number of fused-ring (bicyclic) bond motifs is 3. The number of nitrogens with one attached hydrogen (secondary N) is 1. The number of carbonyl (C=O) groups is 1. The zero-order valence-electron chi connectivity index (χ0n) is 18.6. The Bertz CT molecular complexity index is 1490. The minimum Gasteiger partial charge on any atom is -0.322 e. The second-order valence-electron chi connectivity index (χ2n) is 8.48. The van der Waals surface area contributed by atoms with Crippen molar-refractivity contribution in [3.05, 3.63) is 97.3 Å². The maximum atomic E-state index is 14.0. The number of thiophene rings is 1. The number of hydrogen-bond acceptors (Lipinski definition) is 4. The molecule has 0 saturated heterocycles. The zero-order valence-corrected chi connectivity index (χ0v) is 19.4. The first-order valence-corrected chi connectivity index (χ1v) is 12.2. The topological polar surface area (TPSA) is 73.1 Å². The lowest BCUT2D eigenvalue weighted by Gasteiger charge is -2.14. The predicted molar refractivity (Wildman–Crippen MR) is 132 cm³/mol. The third kappa shape index (κ3) is 4.21. The van der Waals surface area contributed by atoms with Crippen molar-refractivity contribution in [2.45, 2.75) is 45.2 Å². The van der Waals surface area contributed by atoms with Crippen molar-refractivity contribution >= 4 is 33.1 Å². The lowest BCUT2D eigenvalue weighted by molar-refractivity contribution is -0.116. The molecule has 0 saturated carbocycles. The standard InChI is InChI=1S/C26H24FN3O3S/c27-19-11-5-6-12-20(19)28-22(31)16-30-25-23(18-10-4-7-13-21(18)34-25)24(32)29(26(30)33)15-14-17-8-2-1-3-9-17/h1-3,5-6,8-9,11-12H,4,7,10,13-16H2,(H,28,31). The molecule has 0 unspecified atom stereocenters. The van der Waals surface area contributed by atoms with Gasteiger partial charge in [0.2, 0.25) is 5.91 Å². The van der Waals surface area contributed by atoms with Crippen molar-refractivity contribution < 1.29 is 9.18 Å². The number of aromatic nitrogens is 2. The van der Waals surface area contributed by atoms with Crippen LogP contribution in [-0.2, 0) is 37.1 Å². The number of nitrogens with zero attached hydrogens (tertiary/aromatic N) is 2. The van der Waals surface area contributed by atoms with E-state index in [2.05, 4.69) is 5.32 Å². The third-order valence-corrected chi connectivity index (χ3v) is 7.55. The number of anilines is 1. The molecule has 1 aliphatic rings. The number of amides is 1. The van der Waals surface area contributed by atoms with Crippen LogP contribution >= 0.6 is 11.3 Å². The molecule has 0 atom stereocenters. The molecule has 0 bridgehead atoms. The first kappa shape index (κ1) is 22.3. The van der Waals surface area contributed by atoms with Gasteiger partial charge in [-0.2, -0.15) is 0 Å². The molecular formula is C26H24FN3O3S. The normalized spacial score (nSPS) is 13.1. The number of para-hydroxylation sites is 1. The Balaban J connectivity index is 1.57. The highest BCUT2D eigenvalue weighted by Crippen LogP contribution is 2.34. The Morgan fingerprint density at radius 2 is 1.71 bits per heavy atom. The molecule has 8 heteroatoms. The molecular weight excluding hydrogens is 453 g/mol. The van der Waals surface area contributed by atoms with Gasteiger partial charge in [-0.05, 0) is 55.4 Å². The van der Waals surface area contributed by atoms with Crippen LogP contribution in [0.2, 0.25) is 0 Å². The summed E-state index contributed by atoms with van der Waals surface area (Å²) in [5.74, 6) is -1.07. The van der Waals surface area contributed by atoms with Gasteiger partial charge in [0.1, 0.15) is 17.2 Å². The molecule has 2 aromatic heterocycles. The van der Waals surface area contributed by atoms with E-state index in [-0.39, 0.29) is 24.3 Å². The molecule has 0 fully saturated rings. The van der Waals surface area contributed by atoms with Gasteiger partial charge < -0.3 is 5.32 Å². The molecule has 1 N–H and O–H groups in total. The molecule has 1 amide bonds.